The van der Waals surface area contributed by atoms with Gasteiger partial charge in [-0.05, 0) is 37.8 Å². The van der Waals surface area contributed by atoms with Crippen LogP contribution in [0.25, 0.3) is 0 Å². The molecule has 0 bridgehead atoms. The molecule has 0 fully saturated rings. The van der Waals surface area contributed by atoms with E-state index in [9.17, 15) is 14.7 Å². The lowest BCUT2D eigenvalue weighted by atomic mass is 10.1. The molecule has 0 heterocycles. The smallest absolute Gasteiger partial charge is 0.340 e. The molecule has 0 spiro atoms. The highest BCUT2D eigenvalue weighted by atomic mass is 16.5. The van der Waals surface area contributed by atoms with E-state index in [2.05, 4.69) is 13.8 Å². The number of hydrogen-bond acceptors (Lipinski definition) is 5. The van der Waals surface area contributed by atoms with Crippen molar-refractivity contribution in [2.45, 2.75) is 180 Å². The Labute approximate surface area is 241 Å². The first kappa shape index (κ1) is 37.4. The van der Waals surface area contributed by atoms with Crippen molar-refractivity contribution in [2.75, 3.05) is 0 Å². The van der Waals surface area contributed by atoms with Crippen LogP contribution in [0.5, 0.6) is 0 Å². The number of carbonyl (C=O) groups excluding carboxylic acids is 2. The van der Waals surface area contributed by atoms with E-state index in [0.717, 1.165) is 25.7 Å². The van der Waals surface area contributed by atoms with Crippen molar-refractivity contribution in [2.24, 2.45) is 0 Å². The average Bonchev–Trinajstić information content (AvgIpc) is 2.93. The first-order valence-electron chi connectivity index (χ1n) is 16.5. The lowest BCUT2D eigenvalue weighted by molar-refractivity contribution is -0.153. The summed E-state index contributed by atoms with van der Waals surface area (Å²) in [6, 6.07) is 0. The van der Waals surface area contributed by atoms with Gasteiger partial charge in [0.15, 0.2) is 6.10 Å². The minimum atomic E-state index is -1.51. The quantitative estimate of drug-likeness (QED) is 0.0569. The van der Waals surface area contributed by atoms with Crippen molar-refractivity contribution in [3.8, 4) is 0 Å². The third-order valence-electron chi connectivity index (χ3n) is 7.16. The fourth-order valence-corrected chi connectivity index (χ4v) is 4.60. The molecular weight excluding hydrogens is 488 g/mol. The van der Waals surface area contributed by atoms with E-state index in [1.165, 1.54) is 141 Å². The summed E-state index contributed by atoms with van der Waals surface area (Å²) in [5.41, 5.74) is 0. The Morgan fingerprint density at radius 3 is 1.26 bits per heavy atom. The van der Waals surface area contributed by atoms with Crippen LogP contribution < -0.4 is 0 Å². The lowest BCUT2D eigenvalue weighted by Crippen LogP contribution is -2.25. The number of hydrogen-bond donors (Lipinski definition) is 1. The van der Waals surface area contributed by atoms with Gasteiger partial charge in [0, 0.05) is 0 Å². The number of aliphatic hydroxyl groups excluding tert-OH is 1. The zero-order valence-corrected chi connectivity index (χ0v) is 25.6. The lowest BCUT2D eigenvalue weighted by Gasteiger charge is -2.06. The molecule has 5 heteroatoms. The molecule has 0 aliphatic rings. The molecular formula is C34H62O5. The van der Waals surface area contributed by atoms with Crippen LogP contribution in [0.2, 0.25) is 0 Å². The van der Waals surface area contributed by atoms with Gasteiger partial charge in [-0.25, -0.2) is 4.79 Å². The van der Waals surface area contributed by atoms with Crippen LogP contribution in [0.3, 0.4) is 0 Å². The highest BCUT2D eigenvalue weighted by molar-refractivity contribution is 5.82. The van der Waals surface area contributed by atoms with Crippen molar-refractivity contribution in [1.29, 1.82) is 0 Å². The summed E-state index contributed by atoms with van der Waals surface area (Å²) in [7, 11) is 0. The molecule has 0 aromatic carbocycles. The Kier molecular flexibility index (Phi) is 29.6. The van der Waals surface area contributed by atoms with Crippen molar-refractivity contribution in [3.63, 3.8) is 0 Å². The van der Waals surface area contributed by atoms with Crippen molar-refractivity contribution >= 4 is 11.9 Å². The van der Waals surface area contributed by atoms with Crippen LogP contribution in [0, 0.1) is 0 Å². The number of rotatable bonds is 29. The Balaban J connectivity index is 3.56. The first-order valence-corrected chi connectivity index (χ1v) is 16.5. The fraction of sp³-hybridized carbons (Fsp3) is 0.824. The Bertz CT molecular complexity index is 598. The SMILES string of the molecule is CCCCCCCCCCCCC/C=C/OC(=O)CC(O)C(=O)O/C=C/CCCCCCCCCCCCC. The Morgan fingerprint density at radius 1 is 0.538 bits per heavy atom. The largest absolute Gasteiger partial charge is 0.435 e. The number of carbonyl (C=O) groups is 2. The molecule has 5 nitrogen and oxygen atoms in total. The Hall–Kier alpha value is -1.62. The van der Waals surface area contributed by atoms with Crippen LogP contribution in [-0.4, -0.2) is 23.1 Å². The second-order valence-corrected chi connectivity index (χ2v) is 11.0. The average molecular weight is 551 g/mol. The van der Waals surface area contributed by atoms with Gasteiger partial charge in [0.1, 0.15) is 0 Å². The fourth-order valence-electron chi connectivity index (χ4n) is 4.60. The minimum absolute atomic E-state index is 0.409. The molecule has 39 heavy (non-hydrogen) atoms. The molecule has 0 aliphatic carbocycles. The van der Waals surface area contributed by atoms with Gasteiger partial charge in [-0.15, -0.1) is 0 Å². The van der Waals surface area contributed by atoms with E-state index >= 15 is 0 Å². The molecule has 0 aromatic heterocycles. The van der Waals surface area contributed by atoms with Crippen LogP contribution in [0.1, 0.15) is 174 Å². The first-order chi connectivity index (χ1) is 19.1. The van der Waals surface area contributed by atoms with E-state index in [4.69, 9.17) is 9.47 Å². The molecule has 0 aromatic rings. The number of esters is 2. The van der Waals surface area contributed by atoms with Gasteiger partial charge in [-0.1, -0.05) is 142 Å². The molecule has 228 valence electrons. The maximum absolute atomic E-state index is 11.8. The zero-order chi connectivity index (χ0) is 28.7. The normalized spacial score (nSPS) is 12.4. The summed E-state index contributed by atoms with van der Waals surface area (Å²) < 4.78 is 9.92. The molecule has 1 unspecified atom stereocenters. The van der Waals surface area contributed by atoms with Gasteiger partial charge in [0.2, 0.25) is 0 Å². The maximum Gasteiger partial charge on any atom is 0.340 e. The number of aliphatic hydroxyl groups is 1. The van der Waals surface area contributed by atoms with E-state index in [-0.39, 0.29) is 0 Å². The van der Waals surface area contributed by atoms with Gasteiger partial charge in [0.25, 0.3) is 0 Å². The van der Waals surface area contributed by atoms with Gasteiger partial charge in [-0.2, -0.15) is 0 Å². The van der Waals surface area contributed by atoms with E-state index in [0.29, 0.717) is 0 Å². The highest BCUT2D eigenvalue weighted by Crippen LogP contribution is 2.13. The highest BCUT2D eigenvalue weighted by Gasteiger charge is 2.20. The summed E-state index contributed by atoms with van der Waals surface area (Å²) in [5.74, 6) is -1.47. The summed E-state index contributed by atoms with van der Waals surface area (Å²) in [6.45, 7) is 4.50. The van der Waals surface area contributed by atoms with Crippen LogP contribution >= 0.6 is 0 Å². The molecule has 0 radical (unpaired) electrons. The van der Waals surface area contributed by atoms with Crippen LogP contribution in [0.4, 0.5) is 0 Å². The van der Waals surface area contributed by atoms with Crippen molar-refractivity contribution in [3.05, 3.63) is 24.7 Å². The number of unbranched alkanes of at least 4 members (excludes halogenated alkanes) is 22. The van der Waals surface area contributed by atoms with Gasteiger partial charge >= 0.3 is 11.9 Å². The number of allylic oxidation sites excluding steroid dienone is 2. The van der Waals surface area contributed by atoms with E-state index in [1.807, 2.05) is 6.08 Å². The minimum Gasteiger partial charge on any atom is -0.435 e. The molecule has 0 aliphatic heterocycles. The van der Waals surface area contributed by atoms with Crippen molar-refractivity contribution in [1.82, 2.24) is 0 Å². The van der Waals surface area contributed by atoms with E-state index < -0.39 is 24.5 Å². The maximum atomic E-state index is 11.8. The van der Waals surface area contributed by atoms with Crippen LogP contribution in [0.15, 0.2) is 24.7 Å². The molecule has 0 rings (SSSR count). The molecule has 1 N–H and O–H groups in total. The molecule has 0 saturated carbocycles. The molecule has 1 atom stereocenters. The predicted molar refractivity (Wildman–Crippen MR) is 163 cm³/mol. The zero-order valence-electron chi connectivity index (χ0n) is 25.6. The number of ether oxygens (including phenoxy) is 2. The van der Waals surface area contributed by atoms with Gasteiger partial charge in [0.05, 0.1) is 18.9 Å². The predicted octanol–water partition coefficient (Wildman–Crippen LogP) is 10.3. The van der Waals surface area contributed by atoms with E-state index in [1.54, 1.807) is 6.08 Å². The van der Waals surface area contributed by atoms with Crippen molar-refractivity contribution < 1.29 is 24.2 Å². The summed E-state index contributed by atoms with van der Waals surface area (Å²) in [5, 5.41) is 9.87. The van der Waals surface area contributed by atoms with Gasteiger partial charge in [-0.3, -0.25) is 4.79 Å². The topological polar surface area (TPSA) is 72.8 Å². The standard InChI is InChI=1S/C34H62O5/c1-3-5-7-9-11-13-15-17-19-21-23-25-27-29-38-33(36)31-32(35)34(37)39-30-28-26-24-22-20-18-16-14-12-10-8-6-4-2/h27-30,32,35H,3-26,31H2,1-2H3/b29-27+,30-28+. The summed E-state index contributed by atoms with van der Waals surface area (Å²) >= 11 is 0. The second-order valence-electron chi connectivity index (χ2n) is 11.0. The van der Waals surface area contributed by atoms with Gasteiger partial charge < -0.3 is 14.6 Å². The third-order valence-corrected chi connectivity index (χ3v) is 7.16. The monoisotopic (exact) mass is 550 g/mol. The van der Waals surface area contributed by atoms with Crippen LogP contribution in [-0.2, 0) is 19.1 Å². The molecule has 0 amide bonds. The Morgan fingerprint density at radius 2 is 0.872 bits per heavy atom. The summed E-state index contributed by atoms with van der Waals surface area (Å²) in [6.07, 6.45) is 34.7. The second kappa shape index (κ2) is 30.9. The third kappa shape index (κ3) is 29.2. The summed E-state index contributed by atoms with van der Waals surface area (Å²) in [4.78, 5) is 23.7. The molecule has 0 saturated heterocycles.